The van der Waals surface area contributed by atoms with Crippen LogP contribution in [0.5, 0.6) is 5.75 Å². The first-order valence-corrected chi connectivity index (χ1v) is 10.8. The van der Waals surface area contributed by atoms with Gasteiger partial charge in [0.05, 0.1) is 24.5 Å². The molecule has 0 atom stereocenters. The lowest BCUT2D eigenvalue weighted by Gasteiger charge is -2.26. The maximum Gasteiger partial charge on any atom is 0.338 e. The third-order valence-electron chi connectivity index (χ3n) is 4.47. The standard InChI is InChI=1S/C23H21BrN2O6/c1-3-11-32-19-10-7-16(24)12-15(19)13-18-20(27)25-23(30)26(21(18)28)17-8-5-14(6-9-17)22(29)31-4-2/h5-10,12-13H,3-4,11H2,1-2H3,(H,25,27,30)/b18-13+. The van der Waals surface area contributed by atoms with Crippen LogP contribution >= 0.6 is 15.9 Å². The first kappa shape index (κ1) is 23.2. The molecule has 3 rings (SSSR count). The number of carbonyl (C=O) groups excluding carboxylic acids is 4. The van der Waals surface area contributed by atoms with Gasteiger partial charge < -0.3 is 9.47 Å². The van der Waals surface area contributed by atoms with E-state index in [4.69, 9.17) is 9.47 Å². The quantitative estimate of drug-likeness (QED) is 0.349. The van der Waals surface area contributed by atoms with Crippen molar-refractivity contribution in [2.45, 2.75) is 20.3 Å². The van der Waals surface area contributed by atoms with Crippen LogP contribution in [0.1, 0.15) is 36.2 Å². The summed E-state index contributed by atoms with van der Waals surface area (Å²) < 4.78 is 11.4. The van der Waals surface area contributed by atoms with Gasteiger partial charge in [0.1, 0.15) is 11.3 Å². The summed E-state index contributed by atoms with van der Waals surface area (Å²) in [6.07, 6.45) is 2.18. The summed E-state index contributed by atoms with van der Waals surface area (Å²) in [6, 6.07) is 10.1. The maximum atomic E-state index is 13.1. The van der Waals surface area contributed by atoms with Crippen LogP contribution < -0.4 is 15.0 Å². The zero-order valence-electron chi connectivity index (χ0n) is 17.5. The molecule has 4 amide bonds. The van der Waals surface area contributed by atoms with Gasteiger partial charge in [-0.05, 0) is 61.9 Å². The highest BCUT2D eigenvalue weighted by atomic mass is 79.9. The van der Waals surface area contributed by atoms with Crippen molar-refractivity contribution in [1.29, 1.82) is 0 Å². The number of nitrogens with one attached hydrogen (secondary N) is 1. The van der Waals surface area contributed by atoms with Crippen molar-refractivity contribution in [3.05, 3.63) is 63.6 Å². The van der Waals surface area contributed by atoms with Gasteiger partial charge >= 0.3 is 12.0 Å². The zero-order chi connectivity index (χ0) is 23.3. The molecule has 0 unspecified atom stereocenters. The summed E-state index contributed by atoms with van der Waals surface area (Å²) in [7, 11) is 0. The van der Waals surface area contributed by atoms with E-state index in [0.717, 1.165) is 15.8 Å². The molecule has 1 N–H and O–H groups in total. The van der Waals surface area contributed by atoms with E-state index in [-0.39, 0.29) is 23.4 Å². The first-order valence-electron chi connectivity index (χ1n) is 9.96. The largest absolute Gasteiger partial charge is 0.493 e. The number of anilines is 1. The summed E-state index contributed by atoms with van der Waals surface area (Å²) in [4.78, 5) is 50.7. The minimum absolute atomic E-state index is 0.204. The molecule has 0 radical (unpaired) electrons. The highest BCUT2D eigenvalue weighted by Gasteiger charge is 2.37. The van der Waals surface area contributed by atoms with Gasteiger partial charge in [0.15, 0.2) is 0 Å². The number of rotatable bonds is 7. The molecule has 8 nitrogen and oxygen atoms in total. The molecule has 2 aromatic carbocycles. The van der Waals surface area contributed by atoms with Crippen molar-refractivity contribution in [1.82, 2.24) is 5.32 Å². The number of urea groups is 1. The molecule has 1 saturated heterocycles. The molecule has 9 heteroatoms. The van der Waals surface area contributed by atoms with Crippen LogP contribution in [0, 0.1) is 0 Å². The number of esters is 1. The number of carbonyl (C=O) groups is 4. The van der Waals surface area contributed by atoms with Gasteiger partial charge in [-0.15, -0.1) is 0 Å². The number of imide groups is 2. The first-order chi connectivity index (χ1) is 15.3. The zero-order valence-corrected chi connectivity index (χ0v) is 19.1. The number of hydrogen-bond acceptors (Lipinski definition) is 6. The Labute approximate surface area is 193 Å². The Hall–Kier alpha value is -3.46. The second kappa shape index (κ2) is 10.2. The number of ether oxygens (including phenoxy) is 2. The van der Waals surface area contributed by atoms with Gasteiger partial charge in [0.2, 0.25) is 0 Å². The third-order valence-corrected chi connectivity index (χ3v) is 4.96. The smallest absolute Gasteiger partial charge is 0.338 e. The Morgan fingerprint density at radius 3 is 2.47 bits per heavy atom. The minimum Gasteiger partial charge on any atom is -0.493 e. The van der Waals surface area contributed by atoms with E-state index < -0.39 is 23.8 Å². The molecule has 166 valence electrons. The second-order valence-electron chi connectivity index (χ2n) is 6.76. The van der Waals surface area contributed by atoms with E-state index >= 15 is 0 Å². The third kappa shape index (κ3) is 5.05. The van der Waals surface area contributed by atoms with Gasteiger partial charge in [-0.25, -0.2) is 14.5 Å². The molecule has 1 fully saturated rings. The van der Waals surface area contributed by atoms with Crippen LogP contribution in [0.2, 0.25) is 0 Å². The van der Waals surface area contributed by atoms with Crippen molar-refractivity contribution in [2.75, 3.05) is 18.1 Å². The molecule has 0 aromatic heterocycles. The van der Waals surface area contributed by atoms with Gasteiger partial charge in [-0.1, -0.05) is 22.9 Å². The molecule has 1 aliphatic heterocycles. The van der Waals surface area contributed by atoms with Crippen molar-refractivity contribution in [3.8, 4) is 5.75 Å². The second-order valence-corrected chi connectivity index (χ2v) is 7.67. The molecule has 0 saturated carbocycles. The van der Waals surface area contributed by atoms with Crippen molar-refractivity contribution >= 4 is 51.5 Å². The van der Waals surface area contributed by atoms with E-state index in [9.17, 15) is 19.2 Å². The van der Waals surface area contributed by atoms with Crippen LogP contribution in [0.15, 0.2) is 52.5 Å². The van der Waals surface area contributed by atoms with E-state index in [1.54, 1.807) is 25.1 Å². The van der Waals surface area contributed by atoms with Crippen LogP contribution in [-0.2, 0) is 14.3 Å². The SMILES string of the molecule is CCCOc1ccc(Br)cc1/C=C1\C(=O)NC(=O)N(c2ccc(C(=O)OCC)cc2)C1=O. The van der Waals surface area contributed by atoms with E-state index in [2.05, 4.69) is 21.2 Å². The van der Waals surface area contributed by atoms with Gasteiger partial charge in [-0.2, -0.15) is 0 Å². The molecular weight excluding hydrogens is 480 g/mol. The average molecular weight is 501 g/mol. The highest BCUT2D eigenvalue weighted by Crippen LogP contribution is 2.28. The van der Waals surface area contributed by atoms with Crippen molar-refractivity contribution in [2.24, 2.45) is 0 Å². The van der Waals surface area contributed by atoms with Crippen LogP contribution in [0.25, 0.3) is 6.08 Å². The van der Waals surface area contributed by atoms with Crippen LogP contribution in [-0.4, -0.2) is 37.0 Å². The van der Waals surface area contributed by atoms with Crippen molar-refractivity contribution in [3.63, 3.8) is 0 Å². The lowest BCUT2D eigenvalue weighted by atomic mass is 10.1. The van der Waals surface area contributed by atoms with Gasteiger partial charge in [0, 0.05) is 10.0 Å². The predicted molar refractivity (Wildman–Crippen MR) is 121 cm³/mol. The number of barbiturate groups is 1. The van der Waals surface area contributed by atoms with E-state index in [1.165, 1.54) is 30.3 Å². The van der Waals surface area contributed by atoms with Crippen LogP contribution in [0.4, 0.5) is 10.5 Å². The summed E-state index contributed by atoms with van der Waals surface area (Å²) in [6.45, 7) is 4.35. The van der Waals surface area contributed by atoms with Crippen LogP contribution in [0.3, 0.4) is 0 Å². The lowest BCUT2D eigenvalue weighted by Crippen LogP contribution is -2.54. The Kier molecular flexibility index (Phi) is 7.42. The molecule has 0 bridgehead atoms. The molecule has 32 heavy (non-hydrogen) atoms. The number of benzene rings is 2. The topological polar surface area (TPSA) is 102 Å². The average Bonchev–Trinajstić information content (AvgIpc) is 2.76. The predicted octanol–water partition coefficient (Wildman–Crippen LogP) is 4.08. The maximum absolute atomic E-state index is 13.1. The summed E-state index contributed by atoms with van der Waals surface area (Å²) in [5.41, 5.74) is 0.770. The summed E-state index contributed by atoms with van der Waals surface area (Å²) >= 11 is 3.37. The monoisotopic (exact) mass is 500 g/mol. The molecular formula is C23H21BrN2O6. The van der Waals surface area contributed by atoms with Gasteiger partial charge in [0.25, 0.3) is 11.8 Å². The number of halogens is 1. The molecule has 1 aliphatic rings. The Balaban J connectivity index is 1.96. The van der Waals surface area contributed by atoms with Crippen molar-refractivity contribution < 1.29 is 28.7 Å². The molecule has 2 aromatic rings. The fraction of sp³-hybridized carbons (Fsp3) is 0.217. The molecule has 0 spiro atoms. The Morgan fingerprint density at radius 2 is 1.81 bits per heavy atom. The fourth-order valence-electron chi connectivity index (χ4n) is 2.98. The van der Waals surface area contributed by atoms with E-state index in [1.807, 2.05) is 6.92 Å². The normalized spacial score (nSPS) is 15.0. The Bertz CT molecular complexity index is 1090. The number of hydrogen-bond donors (Lipinski definition) is 1. The minimum atomic E-state index is -0.877. The highest BCUT2D eigenvalue weighted by molar-refractivity contribution is 9.10. The fourth-order valence-corrected chi connectivity index (χ4v) is 3.36. The summed E-state index contributed by atoms with van der Waals surface area (Å²) in [5, 5.41) is 2.18. The number of amides is 4. The van der Waals surface area contributed by atoms with E-state index in [0.29, 0.717) is 17.9 Å². The Morgan fingerprint density at radius 1 is 1.09 bits per heavy atom. The molecule has 0 aliphatic carbocycles. The lowest BCUT2D eigenvalue weighted by molar-refractivity contribution is -0.122. The van der Waals surface area contributed by atoms with Gasteiger partial charge in [-0.3, -0.25) is 14.9 Å². The number of nitrogens with zero attached hydrogens (tertiary/aromatic N) is 1. The molecule has 1 heterocycles. The summed E-state index contributed by atoms with van der Waals surface area (Å²) in [5.74, 6) is -1.60.